The molecule has 90 valence electrons. The zero-order chi connectivity index (χ0) is 12.5. The fourth-order valence-electron chi connectivity index (χ4n) is 1.73. The Morgan fingerprint density at radius 3 is 2.82 bits per heavy atom. The molecule has 0 aliphatic carbocycles. The van der Waals surface area contributed by atoms with Crippen LogP contribution >= 0.6 is 11.6 Å². The Kier molecular flexibility index (Phi) is 6.51. The van der Waals surface area contributed by atoms with Crippen LogP contribution in [-0.4, -0.2) is 0 Å². The molecule has 0 aliphatic heterocycles. The SMILES string of the molecule is C#C/C(=C\CCCCCC)c1cccc(Cl)c1. The maximum atomic E-state index is 5.95. The fraction of sp³-hybridized carbons (Fsp3) is 0.375. The highest BCUT2D eigenvalue weighted by Gasteiger charge is 1.98. The minimum absolute atomic E-state index is 0.731. The molecular weight excluding hydrogens is 228 g/mol. The molecule has 1 rings (SSSR count). The second-order valence-corrected chi connectivity index (χ2v) is 4.56. The van der Waals surface area contributed by atoms with E-state index in [-0.39, 0.29) is 0 Å². The van der Waals surface area contributed by atoms with Crippen LogP contribution < -0.4 is 0 Å². The van der Waals surface area contributed by atoms with Crippen LogP contribution in [0.25, 0.3) is 5.57 Å². The first kappa shape index (κ1) is 13.9. The normalized spacial score (nSPS) is 11.2. The van der Waals surface area contributed by atoms with Gasteiger partial charge in [0.2, 0.25) is 0 Å². The van der Waals surface area contributed by atoms with E-state index in [4.69, 9.17) is 18.0 Å². The molecule has 0 atom stereocenters. The van der Waals surface area contributed by atoms with Gasteiger partial charge in [-0.1, -0.05) is 61.9 Å². The van der Waals surface area contributed by atoms with Gasteiger partial charge in [-0.3, -0.25) is 0 Å². The van der Waals surface area contributed by atoms with Gasteiger partial charge in [0, 0.05) is 10.6 Å². The number of halogens is 1. The number of hydrogen-bond acceptors (Lipinski definition) is 0. The summed E-state index contributed by atoms with van der Waals surface area (Å²) in [4.78, 5) is 0. The summed E-state index contributed by atoms with van der Waals surface area (Å²) in [7, 11) is 0. The van der Waals surface area contributed by atoms with Gasteiger partial charge in [0.25, 0.3) is 0 Å². The van der Waals surface area contributed by atoms with Crippen LogP contribution in [0.4, 0.5) is 0 Å². The van der Waals surface area contributed by atoms with Crippen LogP contribution in [0, 0.1) is 12.3 Å². The highest BCUT2D eigenvalue weighted by molar-refractivity contribution is 6.30. The van der Waals surface area contributed by atoms with Gasteiger partial charge in [-0.25, -0.2) is 0 Å². The van der Waals surface area contributed by atoms with Crippen LogP contribution in [0.5, 0.6) is 0 Å². The van der Waals surface area contributed by atoms with Crippen molar-refractivity contribution in [3.05, 3.63) is 40.9 Å². The molecule has 0 heterocycles. The van der Waals surface area contributed by atoms with Crippen LogP contribution in [0.2, 0.25) is 5.02 Å². The predicted octanol–water partition coefficient (Wildman–Crippen LogP) is 5.33. The van der Waals surface area contributed by atoms with Gasteiger partial charge in [-0.2, -0.15) is 0 Å². The average Bonchev–Trinajstić information content (AvgIpc) is 2.34. The molecule has 0 bridgehead atoms. The van der Waals surface area contributed by atoms with Gasteiger partial charge < -0.3 is 0 Å². The monoisotopic (exact) mass is 246 g/mol. The Labute approximate surface area is 110 Å². The summed E-state index contributed by atoms with van der Waals surface area (Å²) in [6.07, 6.45) is 13.8. The van der Waals surface area contributed by atoms with E-state index in [1.165, 1.54) is 25.7 Å². The number of unbranched alkanes of at least 4 members (excludes halogenated alkanes) is 4. The van der Waals surface area contributed by atoms with E-state index in [0.717, 1.165) is 22.6 Å². The topological polar surface area (TPSA) is 0 Å². The number of allylic oxidation sites excluding steroid dienone is 2. The van der Waals surface area contributed by atoms with E-state index in [2.05, 4.69) is 18.9 Å². The summed E-state index contributed by atoms with van der Waals surface area (Å²) in [5.74, 6) is 2.74. The average molecular weight is 247 g/mol. The smallest absolute Gasteiger partial charge is 0.0412 e. The van der Waals surface area contributed by atoms with Crippen molar-refractivity contribution in [3.8, 4) is 12.3 Å². The molecule has 17 heavy (non-hydrogen) atoms. The molecule has 0 spiro atoms. The molecule has 0 unspecified atom stereocenters. The van der Waals surface area contributed by atoms with E-state index < -0.39 is 0 Å². The first-order chi connectivity index (χ1) is 8.27. The van der Waals surface area contributed by atoms with E-state index in [0.29, 0.717) is 0 Å². The summed E-state index contributed by atoms with van der Waals surface area (Å²) < 4.78 is 0. The lowest BCUT2D eigenvalue weighted by Crippen LogP contribution is -1.82. The van der Waals surface area contributed by atoms with Crippen LogP contribution in [0.15, 0.2) is 30.3 Å². The molecule has 0 amide bonds. The third-order valence-electron chi connectivity index (χ3n) is 2.70. The summed E-state index contributed by atoms with van der Waals surface area (Å²) in [6.45, 7) is 2.22. The lowest BCUT2D eigenvalue weighted by Gasteiger charge is -2.02. The van der Waals surface area contributed by atoms with Crippen molar-refractivity contribution in [2.75, 3.05) is 0 Å². The van der Waals surface area contributed by atoms with Gasteiger partial charge in [0.05, 0.1) is 0 Å². The number of terminal acetylenes is 1. The third-order valence-corrected chi connectivity index (χ3v) is 2.93. The van der Waals surface area contributed by atoms with Crippen molar-refractivity contribution < 1.29 is 0 Å². The lowest BCUT2D eigenvalue weighted by molar-refractivity contribution is 0.675. The standard InChI is InChI=1S/C16H19Cl/c1-3-5-6-7-8-10-14(4-2)15-11-9-12-16(17)13-15/h2,9-13H,3,5-8H2,1H3/b14-10+. The number of rotatable bonds is 6. The predicted molar refractivity (Wildman–Crippen MR) is 77.0 cm³/mol. The Hall–Kier alpha value is -1.19. The van der Waals surface area contributed by atoms with Gasteiger partial charge >= 0.3 is 0 Å². The van der Waals surface area contributed by atoms with Crippen LogP contribution in [0.3, 0.4) is 0 Å². The molecule has 0 saturated heterocycles. The molecule has 0 saturated carbocycles. The van der Waals surface area contributed by atoms with Crippen molar-refractivity contribution in [2.45, 2.75) is 39.0 Å². The summed E-state index contributed by atoms with van der Waals surface area (Å²) in [5.41, 5.74) is 1.99. The van der Waals surface area contributed by atoms with Gasteiger partial charge in [-0.05, 0) is 30.5 Å². The molecule has 0 fully saturated rings. The minimum atomic E-state index is 0.731. The Balaban J connectivity index is 2.59. The van der Waals surface area contributed by atoms with Gasteiger partial charge in [-0.15, -0.1) is 6.42 Å². The zero-order valence-corrected chi connectivity index (χ0v) is 11.1. The van der Waals surface area contributed by atoms with Gasteiger partial charge in [0.1, 0.15) is 0 Å². The molecule has 1 aromatic carbocycles. The highest BCUT2D eigenvalue weighted by Crippen LogP contribution is 2.19. The van der Waals surface area contributed by atoms with Crippen molar-refractivity contribution in [2.24, 2.45) is 0 Å². The highest BCUT2D eigenvalue weighted by atomic mass is 35.5. The minimum Gasteiger partial charge on any atom is -0.115 e. The van der Waals surface area contributed by atoms with Crippen molar-refractivity contribution in [3.63, 3.8) is 0 Å². The molecule has 1 aromatic rings. The Morgan fingerprint density at radius 2 is 2.18 bits per heavy atom. The van der Waals surface area contributed by atoms with Crippen LogP contribution in [0.1, 0.15) is 44.6 Å². The van der Waals surface area contributed by atoms with Crippen molar-refractivity contribution >= 4 is 17.2 Å². The molecule has 0 aliphatic rings. The number of benzene rings is 1. The maximum absolute atomic E-state index is 5.95. The second-order valence-electron chi connectivity index (χ2n) is 4.12. The fourth-order valence-corrected chi connectivity index (χ4v) is 1.92. The molecule has 0 nitrogen and oxygen atoms in total. The molecular formula is C16H19Cl. The molecule has 0 radical (unpaired) electrons. The van der Waals surface area contributed by atoms with Crippen LogP contribution in [-0.2, 0) is 0 Å². The van der Waals surface area contributed by atoms with Crippen molar-refractivity contribution in [1.29, 1.82) is 0 Å². The lowest BCUT2D eigenvalue weighted by atomic mass is 10.0. The summed E-state index contributed by atoms with van der Waals surface area (Å²) in [6, 6.07) is 7.71. The maximum Gasteiger partial charge on any atom is 0.0412 e. The molecule has 0 N–H and O–H groups in total. The Bertz CT molecular complexity index is 410. The van der Waals surface area contributed by atoms with E-state index in [1.807, 2.05) is 24.3 Å². The zero-order valence-electron chi connectivity index (χ0n) is 10.4. The Morgan fingerprint density at radius 1 is 1.35 bits per heavy atom. The first-order valence-corrected chi connectivity index (χ1v) is 6.58. The first-order valence-electron chi connectivity index (χ1n) is 6.20. The molecule has 1 heteroatoms. The van der Waals surface area contributed by atoms with E-state index >= 15 is 0 Å². The van der Waals surface area contributed by atoms with E-state index in [9.17, 15) is 0 Å². The summed E-state index contributed by atoms with van der Waals surface area (Å²) >= 11 is 5.95. The quantitative estimate of drug-likeness (QED) is 0.470. The largest absolute Gasteiger partial charge is 0.115 e. The van der Waals surface area contributed by atoms with Crippen molar-refractivity contribution in [1.82, 2.24) is 0 Å². The number of hydrogen-bond donors (Lipinski definition) is 0. The van der Waals surface area contributed by atoms with E-state index in [1.54, 1.807) is 0 Å². The summed E-state index contributed by atoms with van der Waals surface area (Å²) in [5, 5.41) is 0.731. The molecule has 0 aromatic heterocycles. The second kappa shape index (κ2) is 7.98. The third kappa shape index (κ3) is 5.11. The van der Waals surface area contributed by atoms with Gasteiger partial charge in [0.15, 0.2) is 0 Å².